The first-order valence-corrected chi connectivity index (χ1v) is 6.26. The summed E-state index contributed by atoms with van der Waals surface area (Å²) in [4.78, 5) is 0. The predicted octanol–water partition coefficient (Wildman–Crippen LogP) is 4.65. The lowest BCUT2D eigenvalue weighted by Gasteiger charge is -1.99. The minimum absolute atomic E-state index is 0.406. The zero-order valence-electron chi connectivity index (χ0n) is 9.84. The Morgan fingerprint density at radius 1 is 1.40 bits per heavy atom. The molecular weight excluding hydrogens is 180 g/mol. The quantitative estimate of drug-likeness (QED) is 0.434. The fourth-order valence-corrected chi connectivity index (χ4v) is 2.00. The van der Waals surface area contributed by atoms with E-state index in [1.807, 2.05) is 0 Å². The van der Waals surface area contributed by atoms with E-state index in [2.05, 4.69) is 37.8 Å². The molecule has 0 N–H and O–H groups in total. The van der Waals surface area contributed by atoms with Crippen LogP contribution in [0.25, 0.3) is 0 Å². The summed E-state index contributed by atoms with van der Waals surface area (Å²) in [6, 6.07) is 0. The van der Waals surface area contributed by atoms with Crippen molar-refractivity contribution in [1.82, 2.24) is 0 Å². The molecule has 1 atom stereocenters. The predicted molar refractivity (Wildman–Crippen MR) is 66.7 cm³/mol. The van der Waals surface area contributed by atoms with E-state index in [1.54, 1.807) is 5.57 Å². The number of unbranched alkanes of at least 4 members (excludes halogenated alkanes) is 2. The molecule has 0 aromatic rings. The van der Waals surface area contributed by atoms with E-state index >= 15 is 0 Å². The molecule has 0 heterocycles. The maximum absolute atomic E-state index is 3.89. The SMILES string of the molecule is C=CC1(C=CCCCC=C2CC2C)CC1. The summed E-state index contributed by atoms with van der Waals surface area (Å²) >= 11 is 0. The Morgan fingerprint density at radius 2 is 2.13 bits per heavy atom. The second kappa shape index (κ2) is 4.38. The maximum Gasteiger partial charge on any atom is 0.00591 e. The summed E-state index contributed by atoms with van der Waals surface area (Å²) in [6.45, 7) is 6.20. The molecule has 82 valence electrons. The first-order chi connectivity index (χ1) is 7.26. The van der Waals surface area contributed by atoms with E-state index in [9.17, 15) is 0 Å². The molecule has 2 aliphatic rings. The van der Waals surface area contributed by atoms with E-state index < -0.39 is 0 Å². The van der Waals surface area contributed by atoms with E-state index in [0.29, 0.717) is 5.41 Å². The standard InChI is InChI=1S/C15H22/c1-3-15(10-11-15)9-7-5-4-6-8-14-12-13(14)2/h3,7-9,13H,1,4-6,10-12H2,2H3. The molecule has 1 unspecified atom stereocenters. The first-order valence-electron chi connectivity index (χ1n) is 6.26. The van der Waals surface area contributed by atoms with Gasteiger partial charge in [-0.3, -0.25) is 0 Å². The Morgan fingerprint density at radius 3 is 2.67 bits per heavy atom. The molecule has 0 nitrogen and oxygen atoms in total. The Balaban J connectivity index is 1.57. The van der Waals surface area contributed by atoms with E-state index in [-0.39, 0.29) is 0 Å². The van der Waals surface area contributed by atoms with Gasteiger partial charge in [-0.1, -0.05) is 36.8 Å². The van der Waals surface area contributed by atoms with Gasteiger partial charge in [-0.25, -0.2) is 0 Å². The van der Waals surface area contributed by atoms with Crippen LogP contribution in [0.15, 0.2) is 36.5 Å². The minimum Gasteiger partial charge on any atom is -0.102 e. The lowest BCUT2D eigenvalue weighted by atomic mass is 10.1. The lowest BCUT2D eigenvalue weighted by Crippen LogP contribution is -1.86. The Bertz CT molecular complexity index is 289. The molecule has 15 heavy (non-hydrogen) atoms. The van der Waals surface area contributed by atoms with Crippen LogP contribution in [-0.4, -0.2) is 0 Å². The molecule has 0 radical (unpaired) electrons. The Labute approximate surface area is 93.8 Å². The average molecular weight is 202 g/mol. The molecular formula is C15H22. The number of hydrogen-bond donors (Lipinski definition) is 0. The molecule has 0 heteroatoms. The van der Waals surface area contributed by atoms with Gasteiger partial charge in [-0.2, -0.15) is 0 Å². The normalized spacial score (nSPS) is 29.7. The molecule has 0 aromatic heterocycles. The van der Waals surface area contributed by atoms with Gasteiger partial charge in [-0.05, 0) is 44.4 Å². The number of hydrogen-bond acceptors (Lipinski definition) is 0. The maximum atomic E-state index is 3.89. The molecule has 2 fully saturated rings. The molecule has 2 rings (SSSR count). The van der Waals surface area contributed by atoms with Crippen molar-refractivity contribution in [2.45, 2.75) is 45.4 Å². The Hall–Kier alpha value is -0.780. The zero-order valence-corrected chi connectivity index (χ0v) is 9.84. The average Bonchev–Trinajstić information content (AvgIpc) is 3.12. The van der Waals surface area contributed by atoms with Crippen LogP contribution < -0.4 is 0 Å². The smallest absolute Gasteiger partial charge is 0.00591 e. The van der Waals surface area contributed by atoms with Crippen molar-refractivity contribution in [1.29, 1.82) is 0 Å². The third-order valence-corrected chi connectivity index (χ3v) is 3.68. The summed E-state index contributed by atoms with van der Waals surface area (Å²) in [7, 11) is 0. The summed E-state index contributed by atoms with van der Waals surface area (Å²) < 4.78 is 0. The van der Waals surface area contributed by atoms with Crippen LogP contribution in [0, 0.1) is 11.3 Å². The molecule has 0 aromatic carbocycles. The second-order valence-electron chi connectivity index (χ2n) is 5.15. The fourth-order valence-electron chi connectivity index (χ4n) is 2.00. The zero-order chi connectivity index (χ0) is 10.7. The summed E-state index contributed by atoms with van der Waals surface area (Å²) in [5.74, 6) is 0.899. The van der Waals surface area contributed by atoms with Crippen LogP contribution in [-0.2, 0) is 0 Å². The molecule has 0 aliphatic heterocycles. The highest BCUT2D eigenvalue weighted by molar-refractivity contribution is 5.21. The van der Waals surface area contributed by atoms with Crippen LogP contribution >= 0.6 is 0 Å². The van der Waals surface area contributed by atoms with E-state index in [4.69, 9.17) is 0 Å². The van der Waals surface area contributed by atoms with Crippen molar-refractivity contribution < 1.29 is 0 Å². The highest BCUT2D eigenvalue weighted by atomic mass is 14.4. The molecule has 0 spiro atoms. The van der Waals surface area contributed by atoms with Gasteiger partial charge in [0.2, 0.25) is 0 Å². The molecule has 0 saturated heterocycles. The van der Waals surface area contributed by atoms with Crippen molar-refractivity contribution in [3.05, 3.63) is 36.5 Å². The van der Waals surface area contributed by atoms with Crippen molar-refractivity contribution in [2.75, 3.05) is 0 Å². The molecule has 0 bridgehead atoms. The van der Waals surface area contributed by atoms with Gasteiger partial charge in [0.1, 0.15) is 0 Å². The van der Waals surface area contributed by atoms with Crippen LogP contribution in [0.5, 0.6) is 0 Å². The minimum atomic E-state index is 0.406. The third kappa shape index (κ3) is 3.09. The van der Waals surface area contributed by atoms with Gasteiger partial charge in [-0.15, -0.1) is 6.58 Å². The molecule has 2 aliphatic carbocycles. The monoisotopic (exact) mass is 202 g/mol. The van der Waals surface area contributed by atoms with Gasteiger partial charge < -0.3 is 0 Å². The highest BCUT2D eigenvalue weighted by Crippen LogP contribution is 2.48. The van der Waals surface area contributed by atoms with Crippen LogP contribution in [0.3, 0.4) is 0 Å². The van der Waals surface area contributed by atoms with Crippen molar-refractivity contribution in [3.63, 3.8) is 0 Å². The third-order valence-electron chi connectivity index (χ3n) is 3.68. The van der Waals surface area contributed by atoms with Crippen molar-refractivity contribution >= 4 is 0 Å². The highest BCUT2D eigenvalue weighted by Gasteiger charge is 2.36. The van der Waals surface area contributed by atoms with Gasteiger partial charge >= 0.3 is 0 Å². The lowest BCUT2D eigenvalue weighted by molar-refractivity contribution is 0.822. The molecule has 2 saturated carbocycles. The van der Waals surface area contributed by atoms with Gasteiger partial charge in [0.05, 0.1) is 0 Å². The fraction of sp³-hybridized carbons (Fsp3) is 0.600. The van der Waals surface area contributed by atoms with Crippen LogP contribution in [0.1, 0.15) is 45.4 Å². The summed E-state index contributed by atoms with van der Waals surface area (Å²) in [6.07, 6.45) is 17.1. The largest absolute Gasteiger partial charge is 0.102 e. The Kier molecular flexibility index (Phi) is 3.14. The van der Waals surface area contributed by atoms with Gasteiger partial charge in [0.15, 0.2) is 0 Å². The van der Waals surface area contributed by atoms with Crippen molar-refractivity contribution in [3.8, 4) is 0 Å². The number of allylic oxidation sites excluding steroid dienone is 5. The van der Waals surface area contributed by atoms with Gasteiger partial charge in [0, 0.05) is 5.41 Å². The van der Waals surface area contributed by atoms with Crippen LogP contribution in [0.4, 0.5) is 0 Å². The van der Waals surface area contributed by atoms with Crippen LogP contribution in [0.2, 0.25) is 0 Å². The molecule has 0 amide bonds. The summed E-state index contributed by atoms with van der Waals surface area (Å²) in [5.41, 5.74) is 2.09. The van der Waals surface area contributed by atoms with Crippen molar-refractivity contribution in [2.24, 2.45) is 11.3 Å². The second-order valence-corrected chi connectivity index (χ2v) is 5.15. The summed E-state index contributed by atoms with van der Waals surface area (Å²) in [5, 5.41) is 0. The number of rotatable bonds is 6. The topological polar surface area (TPSA) is 0 Å². The van der Waals surface area contributed by atoms with E-state index in [0.717, 1.165) is 5.92 Å². The van der Waals surface area contributed by atoms with Gasteiger partial charge in [0.25, 0.3) is 0 Å². The first kappa shape index (κ1) is 10.7. The van der Waals surface area contributed by atoms with E-state index in [1.165, 1.54) is 38.5 Å².